The van der Waals surface area contributed by atoms with E-state index in [1.165, 1.54) is 0 Å². The molecule has 1 aromatic heterocycles. The Balaban J connectivity index is 1.97. The van der Waals surface area contributed by atoms with Crippen molar-refractivity contribution in [2.45, 2.75) is 6.54 Å². The van der Waals surface area contributed by atoms with Crippen LogP contribution in [0.1, 0.15) is 4.88 Å². The van der Waals surface area contributed by atoms with E-state index in [0.717, 1.165) is 28.5 Å². The molecule has 3 nitrogen and oxygen atoms in total. The number of rotatable bonds is 4. The first-order valence-electron chi connectivity index (χ1n) is 4.99. The van der Waals surface area contributed by atoms with Crippen molar-refractivity contribution in [3.63, 3.8) is 0 Å². The first-order valence-corrected chi connectivity index (χ1v) is 5.87. The van der Waals surface area contributed by atoms with Gasteiger partial charge in [0, 0.05) is 16.3 Å². The predicted molar refractivity (Wildman–Crippen MR) is 69.1 cm³/mol. The molecule has 0 spiro atoms. The molecule has 0 radical (unpaired) electrons. The zero-order valence-electron chi connectivity index (χ0n) is 9.07. The van der Waals surface area contributed by atoms with Gasteiger partial charge in [-0.2, -0.15) is 0 Å². The molecule has 0 amide bonds. The van der Waals surface area contributed by atoms with Crippen LogP contribution in [0.2, 0.25) is 0 Å². The Morgan fingerprint density at radius 2 is 2.00 bits per heavy atom. The van der Waals surface area contributed by atoms with E-state index >= 15 is 0 Å². The highest BCUT2D eigenvalue weighted by Crippen LogP contribution is 2.21. The van der Waals surface area contributed by atoms with E-state index in [-0.39, 0.29) is 0 Å². The molecule has 0 unspecified atom stereocenters. The van der Waals surface area contributed by atoms with E-state index in [0.29, 0.717) is 0 Å². The lowest BCUT2D eigenvalue weighted by Crippen LogP contribution is -1.99. The molecular weight excluding hydrogens is 220 g/mol. The van der Waals surface area contributed by atoms with Crippen LogP contribution in [0.4, 0.5) is 11.4 Å². The first-order chi connectivity index (χ1) is 7.79. The van der Waals surface area contributed by atoms with Crippen molar-refractivity contribution in [2.75, 3.05) is 18.2 Å². The second-order valence-corrected chi connectivity index (χ2v) is 4.38. The summed E-state index contributed by atoms with van der Waals surface area (Å²) in [6, 6.07) is 9.77. The quantitative estimate of drug-likeness (QED) is 0.855. The SMILES string of the molecule is COc1ccc(NCc2sccc2N)cc1. The zero-order valence-corrected chi connectivity index (χ0v) is 9.88. The van der Waals surface area contributed by atoms with E-state index < -0.39 is 0 Å². The van der Waals surface area contributed by atoms with Crippen molar-refractivity contribution in [1.82, 2.24) is 0 Å². The highest BCUT2D eigenvalue weighted by Gasteiger charge is 2.00. The van der Waals surface area contributed by atoms with Crippen molar-refractivity contribution in [3.05, 3.63) is 40.6 Å². The summed E-state index contributed by atoms with van der Waals surface area (Å²) in [6.07, 6.45) is 0. The van der Waals surface area contributed by atoms with E-state index in [1.54, 1.807) is 18.4 Å². The molecule has 0 saturated heterocycles. The predicted octanol–water partition coefficient (Wildman–Crippen LogP) is 2.95. The Morgan fingerprint density at radius 1 is 1.25 bits per heavy atom. The molecule has 84 valence electrons. The molecule has 1 aromatic carbocycles. The molecule has 0 aliphatic rings. The Labute approximate surface area is 98.9 Å². The monoisotopic (exact) mass is 234 g/mol. The summed E-state index contributed by atoms with van der Waals surface area (Å²) in [7, 11) is 1.66. The van der Waals surface area contributed by atoms with Crippen LogP contribution >= 0.6 is 11.3 Å². The Bertz CT molecular complexity index is 450. The molecule has 4 heteroatoms. The van der Waals surface area contributed by atoms with Crippen molar-refractivity contribution >= 4 is 22.7 Å². The molecule has 1 heterocycles. The van der Waals surface area contributed by atoms with Crippen LogP contribution in [0.3, 0.4) is 0 Å². The lowest BCUT2D eigenvalue weighted by atomic mass is 10.3. The number of hydrogen-bond donors (Lipinski definition) is 2. The van der Waals surface area contributed by atoms with Gasteiger partial charge >= 0.3 is 0 Å². The highest BCUT2D eigenvalue weighted by atomic mass is 32.1. The van der Waals surface area contributed by atoms with Crippen LogP contribution < -0.4 is 15.8 Å². The number of thiophene rings is 1. The number of benzene rings is 1. The normalized spacial score (nSPS) is 10.1. The molecular formula is C12H14N2OS. The minimum absolute atomic E-state index is 0.760. The summed E-state index contributed by atoms with van der Waals surface area (Å²) < 4.78 is 5.09. The summed E-state index contributed by atoms with van der Waals surface area (Å²) in [5.74, 6) is 0.862. The van der Waals surface area contributed by atoms with Gasteiger partial charge in [0.25, 0.3) is 0 Å². The summed E-state index contributed by atoms with van der Waals surface area (Å²) in [5, 5.41) is 5.31. The van der Waals surface area contributed by atoms with Gasteiger partial charge in [-0.15, -0.1) is 11.3 Å². The second-order valence-electron chi connectivity index (χ2n) is 3.38. The average molecular weight is 234 g/mol. The molecule has 0 fully saturated rings. The maximum absolute atomic E-state index is 5.80. The van der Waals surface area contributed by atoms with E-state index in [4.69, 9.17) is 10.5 Å². The van der Waals surface area contributed by atoms with Gasteiger partial charge < -0.3 is 15.8 Å². The summed E-state index contributed by atoms with van der Waals surface area (Å²) in [4.78, 5) is 1.16. The third-order valence-corrected chi connectivity index (χ3v) is 3.26. The number of ether oxygens (including phenoxy) is 1. The number of nitrogens with one attached hydrogen (secondary N) is 1. The van der Waals surface area contributed by atoms with Crippen LogP contribution in [0.25, 0.3) is 0 Å². The minimum Gasteiger partial charge on any atom is -0.497 e. The van der Waals surface area contributed by atoms with Gasteiger partial charge in [-0.1, -0.05) is 0 Å². The van der Waals surface area contributed by atoms with Gasteiger partial charge in [-0.05, 0) is 35.7 Å². The molecule has 0 aliphatic heterocycles. The highest BCUT2D eigenvalue weighted by molar-refractivity contribution is 7.10. The Morgan fingerprint density at radius 3 is 2.56 bits per heavy atom. The third kappa shape index (κ3) is 2.46. The lowest BCUT2D eigenvalue weighted by molar-refractivity contribution is 0.415. The van der Waals surface area contributed by atoms with Crippen molar-refractivity contribution < 1.29 is 4.74 Å². The van der Waals surface area contributed by atoms with Crippen molar-refractivity contribution in [3.8, 4) is 5.75 Å². The summed E-state index contributed by atoms with van der Waals surface area (Å²) in [5.41, 5.74) is 7.72. The second kappa shape index (κ2) is 4.90. The third-order valence-electron chi connectivity index (χ3n) is 2.32. The molecule has 2 aromatic rings. The van der Waals surface area contributed by atoms with Crippen LogP contribution in [-0.4, -0.2) is 7.11 Å². The maximum atomic E-state index is 5.80. The van der Waals surface area contributed by atoms with Crippen LogP contribution in [0.15, 0.2) is 35.7 Å². The van der Waals surface area contributed by atoms with Gasteiger partial charge in [0.1, 0.15) is 5.75 Å². The lowest BCUT2D eigenvalue weighted by Gasteiger charge is -2.06. The molecule has 0 saturated carbocycles. The minimum atomic E-state index is 0.760. The first kappa shape index (κ1) is 10.8. The Kier molecular flexibility index (Phi) is 3.31. The van der Waals surface area contributed by atoms with Crippen molar-refractivity contribution in [2.24, 2.45) is 0 Å². The largest absolute Gasteiger partial charge is 0.497 e. The Hall–Kier alpha value is -1.68. The molecule has 3 N–H and O–H groups in total. The van der Waals surface area contributed by atoms with Gasteiger partial charge in [0.2, 0.25) is 0 Å². The van der Waals surface area contributed by atoms with Crippen LogP contribution in [0.5, 0.6) is 5.75 Å². The van der Waals surface area contributed by atoms with E-state index in [1.807, 2.05) is 35.7 Å². The van der Waals surface area contributed by atoms with Gasteiger partial charge in [0.15, 0.2) is 0 Å². The van der Waals surface area contributed by atoms with E-state index in [9.17, 15) is 0 Å². The van der Waals surface area contributed by atoms with Crippen LogP contribution in [-0.2, 0) is 6.54 Å². The fourth-order valence-electron chi connectivity index (χ4n) is 1.39. The maximum Gasteiger partial charge on any atom is 0.119 e. The number of hydrogen-bond acceptors (Lipinski definition) is 4. The van der Waals surface area contributed by atoms with Gasteiger partial charge in [-0.3, -0.25) is 0 Å². The number of methoxy groups -OCH3 is 1. The number of nitrogens with two attached hydrogens (primary N) is 1. The number of nitrogen functional groups attached to an aromatic ring is 1. The molecule has 0 aliphatic carbocycles. The van der Waals surface area contributed by atoms with Gasteiger partial charge in [-0.25, -0.2) is 0 Å². The summed E-state index contributed by atoms with van der Waals surface area (Å²) in [6.45, 7) is 0.760. The molecule has 16 heavy (non-hydrogen) atoms. The fourth-order valence-corrected chi connectivity index (χ4v) is 2.12. The standard InChI is InChI=1S/C12H14N2OS/c1-15-10-4-2-9(3-5-10)14-8-12-11(13)6-7-16-12/h2-7,14H,8,13H2,1H3. The average Bonchev–Trinajstić information content (AvgIpc) is 2.73. The van der Waals surface area contributed by atoms with Crippen LogP contribution in [0, 0.1) is 0 Å². The molecule has 0 atom stereocenters. The zero-order chi connectivity index (χ0) is 11.4. The number of anilines is 2. The van der Waals surface area contributed by atoms with E-state index in [2.05, 4.69) is 5.32 Å². The topological polar surface area (TPSA) is 47.3 Å². The summed E-state index contributed by atoms with van der Waals surface area (Å²) >= 11 is 1.66. The fraction of sp³-hybridized carbons (Fsp3) is 0.167. The molecule has 2 rings (SSSR count). The molecule has 0 bridgehead atoms. The smallest absolute Gasteiger partial charge is 0.119 e. The van der Waals surface area contributed by atoms with Crippen molar-refractivity contribution in [1.29, 1.82) is 0 Å². The van der Waals surface area contributed by atoms with Gasteiger partial charge in [0.05, 0.1) is 13.7 Å².